The highest BCUT2D eigenvalue weighted by atomic mass is 32.2. The van der Waals surface area contributed by atoms with Crippen LogP contribution in [0.1, 0.15) is 63.0 Å². The number of benzene rings is 2. The highest BCUT2D eigenvalue weighted by Crippen LogP contribution is 2.27. The molecule has 1 atom stereocenters. The van der Waals surface area contributed by atoms with E-state index in [4.69, 9.17) is 0 Å². The van der Waals surface area contributed by atoms with Crippen molar-refractivity contribution in [3.05, 3.63) is 71.8 Å². The van der Waals surface area contributed by atoms with Crippen molar-refractivity contribution in [2.75, 3.05) is 39.3 Å². The van der Waals surface area contributed by atoms with Gasteiger partial charge < -0.3 is 4.90 Å². The van der Waals surface area contributed by atoms with Crippen LogP contribution in [0.2, 0.25) is 0 Å². The summed E-state index contributed by atoms with van der Waals surface area (Å²) in [4.78, 5) is 2.94. The zero-order chi connectivity index (χ0) is 29.6. The average molecular weight is 602 g/mol. The Morgan fingerprint density at radius 3 is 1.85 bits per heavy atom. The van der Waals surface area contributed by atoms with Crippen LogP contribution in [0.15, 0.2) is 70.5 Å². The molecule has 1 saturated carbocycles. The molecule has 0 radical (unpaired) electrons. The summed E-state index contributed by atoms with van der Waals surface area (Å²) in [7, 11) is -7.60. The second-order valence-corrected chi connectivity index (χ2v) is 15.9. The largest absolute Gasteiger partial charge is 0.303 e. The van der Waals surface area contributed by atoms with Crippen molar-refractivity contribution >= 4 is 20.0 Å². The fourth-order valence-electron chi connectivity index (χ4n) is 6.00. The minimum Gasteiger partial charge on any atom is -0.303 e. The monoisotopic (exact) mass is 601 g/mol. The number of hydrogen-bond acceptors (Lipinski definition) is 5. The second kappa shape index (κ2) is 14.0. The van der Waals surface area contributed by atoms with E-state index < -0.39 is 20.0 Å². The third kappa shape index (κ3) is 8.29. The Hall–Kier alpha value is -2.04. The second-order valence-electron chi connectivity index (χ2n) is 12.1. The fraction of sp³-hybridized carbons (Fsp3) is 0.562. The first-order valence-electron chi connectivity index (χ1n) is 15.0. The Labute approximate surface area is 248 Å². The van der Waals surface area contributed by atoms with E-state index >= 15 is 0 Å². The molecule has 2 aromatic carbocycles. The van der Waals surface area contributed by atoms with Gasteiger partial charge in [-0.05, 0) is 95.3 Å². The lowest BCUT2D eigenvalue weighted by molar-refractivity contribution is 0.178. The molecule has 226 valence electrons. The van der Waals surface area contributed by atoms with Gasteiger partial charge in [0.2, 0.25) is 20.0 Å². The summed E-state index contributed by atoms with van der Waals surface area (Å²) in [6.07, 6.45) is 7.71. The SMILES string of the molecule is C=C1CN(S(=O)(=O)c2ccc(C)cc2)CCCN(CC2CCCCC2)CCC(C)N(S(=O)(=O)c2ccc(C)cc2)C1. The van der Waals surface area contributed by atoms with Crippen LogP contribution >= 0.6 is 0 Å². The molecule has 0 bridgehead atoms. The van der Waals surface area contributed by atoms with Crippen molar-refractivity contribution in [1.82, 2.24) is 13.5 Å². The van der Waals surface area contributed by atoms with Gasteiger partial charge in [-0.2, -0.15) is 8.61 Å². The molecular weight excluding hydrogens is 555 g/mol. The van der Waals surface area contributed by atoms with E-state index in [0.29, 0.717) is 30.9 Å². The van der Waals surface area contributed by atoms with Gasteiger partial charge in [0.25, 0.3) is 0 Å². The maximum atomic E-state index is 13.9. The van der Waals surface area contributed by atoms with Crippen molar-refractivity contribution < 1.29 is 16.8 Å². The van der Waals surface area contributed by atoms with Gasteiger partial charge in [0.15, 0.2) is 0 Å². The van der Waals surface area contributed by atoms with E-state index in [1.54, 1.807) is 24.3 Å². The number of hydrogen-bond donors (Lipinski definition) is 0. The molecule has 1 saturated heterocycles. The summed E-state index contributed by atoms with van der Waals surface area (Å²) < 4.78 is 58.5. The van der Waals surface area contributed by atoms with E-state index in [0.717, 1.165) is 30.8 Å². The highest BCUT2D eigenvalue weighted by molar-refractivity contribution is 7.89. The lowest BCUT2D eigenvalue weighted by Gasteiger charge is -2.35. The van der Waals surface area contributed by atoms with Crippen LogP contribution in [0.3, 0.4) is 0 Å². The van der Waals surface area contributed by atoms with E-state index in [1.807, 2.05) is 45.0 Å². The number of sulfonamides is 2. The molecule has 0 aromatic heterocycles. The predicted octanol–water partition coefficient (Wildman–Crippen LogP) is 5.61. The van der Waals surface area contributed by atoms with Crippen molar-refractivity contribution in [1.29, 1.82) is 0 Å². The lowest BCUT2D eigenvalue weighted by Crippen LogP contribution is -2.45. The molecule has 4 rings (SSSR count). The van der Waals surface area contributed by atoms with Gasteiger partial charge in [-0.1, -0.05) is 61.2 Å². The van der Waals surface area contributed by atoms with Crippen molar-refractivity contribution in [3.63, 3.8) is 0 Å². The molecule has 2 fully saturated rings. The number of rotatable bonds is 6. The maximum Gasteiger partial charge on any atom is 0.243 e. The molecule has 2 aliphatic rings. The van der Waals surface area contributed by atoms with Crippen molar-refractivity contribution in [2.24, 2.45) is 5.92 Å². The average Bonchev–Trinajstić information content (AvgIpc) is 2.94. The predicted molar refractivity (Wildman–Crippen MR) is 166 cm³/mol. The summed E-state index contributed by atoms with van der Waals surface area (Å²) in [6.45, 7) is 13.0. The van der Waals surface area contributed by atoms with Gasteiger partial charge in [0.05, 0.1) is 9.79 Å². The minimum atomic E-state index is -3.82. The van der Waals surface area contributed by atoms with E-state index in [9.17, 15) is 16.8 Å². The topological polar surface area (TPSA) is 78.0 Å². The zero-order valence-electron chi connectivity index (χ0n) is 25.0. The molecular formula is C32H47N3O4S2. The molecule has 0 amide bonds. The van der Waals surface area contributed by atoms with E-state index in [-0.39, 0.29) is 28.9 Å². The van der Waals surface area contributed by atoms with Crippen LogP contribution in [0, 0.1) is 19.8 Å². The van der Waals surface area contributed by atoms with Gasteiger partial charge in [0.1, 0.15) is 0 Å². The summed E-state index contributed by atoms with van der Waals surface area (Å²) >= 11 is 0. The number of nitrogens with zero attached hydrogens (tertiary/aromatic N) is 3. The molecule has 1 aliphatic heterocycles. The Morgan fingerprint density at radius 1 is 0.707 bits per heavy atom. The molecule has 2 aromatic rings. The van der Waals surface area contributed by atoms with Crippen LogP contribution in [0.5, 0.6) is 0 Å². The first kappa shape index (κ1) is 31.9. The van der Waals surface area contributed by atoms with Crippen LogP contribution in [-0.2, 0) is 20.0 Å². The van der Waals surface area contributed by atoms with Crippen molar-refractivity contribution in [2.45, 2.75) is 81.5 Å². The standard InChI is InChI=1S/C32H47N3O4S2/c1-26-11-15-31(16-12-26)40(36,37)34-21-8-20-33(25-30-9-6-5-7-10-30)22-19-29(4)35(24-28(3)23-34)41(38,39)32-17-13-27(2)14-18-32/h11-18,29-30H,3,5-10,19-25H2,1-2,4H3. The fourth-order valence-corrected chi connectivity index (χ4v) is 9.18. The first-order chi connectivity index (χ1) is 19.5. The normalized spacial score (nSPS) is 22.2. The summed E-state index contributed by atoms with van der Waals surface area (Å²) in [5, 5.41) is 0. The summed E-state index contributed by atoms with van der Waals surface area (Å²) in [6, 6.07) is 13.6. The molecule has 7 nitrogen and oxygen atoms in total. The van der Waals surface area contributed by atoms with Gasteiger partial charge in [-0.15, -0.1) is 0 Å². The lowest BCUT2D eigenvalue weighted by atomic mass is 9.89. The molecule has 1 heterocycles. The van der Waals surface area contributed by atoms with E-state index in [2.05, 4.69) is 11.5 Å². The van der Waals surface area contributed by atoms with Crippen LogP contribution in [0.25, 0.3) is 0 Å². The van der Waals surface area contributed by atoms with Gasteiger partial charge >= 0.3 is 0 Å². The van der Waals surface area contributed by atoms with Crippen molar-refractivity contribution in [3.8, 4) is 0 Å². The maximum absolute atomic E-state index is 13.9. The third-order valence-electron chi connectivity index (χ3n) is 8.54. The third-order valence-corrected chi connectivity index (χ3v) is 12.4. The molecule has 9 heteroatoms. The number of aryl methyl sites for hydroxylation is 2. The zero-order valence-corrected chi connectivity index (χ0v) is 26.6. The van der Waals surface area contributed by atoms with Crippen LogP contribution in [-0.4, -0.2) is 75.7 Å². The van der Waals surface area contributed by atoms with Crippen LogP contribution < -0.4 is 0 Å². The Morgan fingerprint density at radius 2 is 1.27 bits per heavy atom. The van der Waals surface area contributed by atoms with E-state index in [1.165, 1.54) is 40.7 Å². The first-order valence-corrected chi connectivity index (χ1v) is 17.9. The van der Waals surface area contributed by atoms with Gasteiger partial charge in [-0.25, -0.2) is 16.8 Å². The minimum absolute atomic E-state index is 0.0694. The Kier molecular flexibility index (Phi) is 10.9. The van der Waals surface area contributed by atoms with Gasteiger partial charge in [0, 0.05) is 32.2 Å². The molecule has 0 N–H and O–H groups in total. The molecule has 41 heavy (non-hydrogen) atoms. The van der Waals surface area contributed by atoms with Gasteiger partial charge in [-0.3, -0.25) is 0 Å². The summed E-state index contributed by atoms with van der Waals surface area (Å²) in [5.74, 6) is 0.645. The molecule has 1 unspecified atom stereocenters. The molecule has 1 aliphatic carbocycles. The Bertz CT molecular complexity index is 1370. The van der Waals surface area contributed by atoms with Crippen LogP contribution in [0.4, 0.5) is 0 Å². The highest BCUT2D eigenvalue weighted by Gasteiger charge is 2.32. The Balaban J connectivity index is 1.64. The molecule has 0 spiro atoms. The smallest absolute Gasteiger partial charge is 0.243 e. The summed E-state index contributed by atoms with van der Waals surface area (Å²) in [5.41, 5.74) is 2.54. The quantitative estimate of drug-likeness (QED) is 0.403.